The third-order valence-electron chi connectivity index (χ3n) is 7.40. The summed E-state index contributed by atoms with van der Waals surface area (Å²) in [5, 5.41) is 5.40. The van der Waals surface area contributed by atoms with Gasteiger partial charge in [0.05, 0.1) is 27.0 Å². The van der Waals surface area contributed by atoms with E-state index in [1.807, 2.05) is 42.5 Å². The summed E-state index contributed by atoms with van der Waals surface area (Å²) < 4.78 is 7.49. The van der Waals surface area contributed by atoms with Crippen LogP contribution in [-0.4, -0.2) is 23.0 Å². The van der Waals surface area contributed by atoms with Gasteiger partial charge in [-0.25, -0.2) is 0 Å². The number of allylic oxidation sites excluding steroid dienone is 2. The van der Waals surface area contributed by atoms with Crippen LogP contribution in [0, 0.1) is 29.1 Å². The molecule has 1 heterocycles. The van der Waals surface area contributed by atoms with Crippen molar-refractivity contribution in [1.29, 1.82) is 0 Å². The quantitative estimate of drug-likeness (QED) is 0.285. The minimum atomic E-state index is -0.232. The summed E-state index contributed by atoms with van der Waals surface area (Å²) in [7, 11) is 0. The number of amides is 2. The molecular weight excluding hydrogens is 536 g/mol. The van der Waals surface area contributed by atoms with Crippen molar-refractivity contribution < 1.29 is 14.3 Å². The van der Waals surface area contributed by atoms with Crippen molar-refractivity contribution in [3.63, 3.8) is 0 Å². The third kappa shape index (κ3) is 2.97. The lowest BCUT2D eigenvalue weighted by molar-refractivity contribution is -0.141. The maximum atomic E-state index is 13.1. The lowest BCUT2D eigenvalue weighted by Crippen LogP contribution is -2.30. The molecule has 32 heavy (non-hydrogen) atoms. The minimum absolute atomic E-state index is 0.152. The predicted molar refractivity (Wildman–Crippen MR) is 127 cm³/mol. The van der Waals surface area contributed by atoms with Gasteiger partial charge in [0.15, 0.2) is 0 Å². The summed E-state index contributed by atoms with van der Waals surface area (Å²) in [4.78, 5) is 26.1. The van der Waals surface area contributed by atoms with Gasteiger partial charge in [0.1, 0.15) is 12.4 Å². The van der Waals surface area contributed by atoms with Crippen molar-refractivity contribution in [3.05, 3.63) is 74.7 Å². The number of fused-ring (bicyclic) bond motifs is 3. The molecular formula is C25H20Br2N2O3. The molecule has 2 aromatic carbocycles. The Labute approximate surface area is 202 Å². The van der Waals surface area contributed by atoms with Gasteiger partial charge in [-0.05, 0) is 85.2 Å². The average molecular weight is 556 g/mol. The van der Waals surface area contributed by atoms with Gasteiger partial charge in [-0.3, -0.25) is 9.59 Å². The van der Waals surface area contributed by atoms with Crippen LogP contribution in [-0.2, 0) is 16.2 Å². The van der Waals surface area contributed by atoms with E-state index in [9.17, 15) is 9.59 Å². The van der Waals surface area contributed by atoms with Gasteiger partial charge in [-0.15, -0.1) is 0 Å². The molecule has 1 spiro atoms. The molecule has 4 atom stereocenters. The lowest BCUT2D eigenvalue weighted by atomic mass is 9.85. The van der Waals surface area contributed by atoms with Gasteiger partial charge < -0.3 is 4.74 Å². The lowest BCUT2D eigenvalue weighted by Gasteiger charge is -2.18. The summed E-state index contributed by atoms with van der Waals surface area (Å²) >= 11 is 7.12. The van der Waals surface area contributed by atoms with Crippen molar-refractivity contribution in [3.8, 4) is 5.75 Å². The molecule has 6 rings (SSSR count). The van der Waals surface area contributed by atoms with E-state index in [1.54, 1.807) is 6.21 Å². The Morgan fingerprint density at radius 1 is 1.00 bits per heavy atom. The van der Waals surface area contributed by atoms with E-state index < -0.39 is 0 Å². The van der Waals surface area contributed by atoms with Crippen LogP contribution in [0.15, 0.2) is 68.7 Å². The van der Waals surface area contributed by atoms with E-state index in [0.717, 1.165) is 37.9 Å². The van der Waals surface area contributed by atoms with Crippen molar-refractivity contribution in [2.75, 3.05) is 0 Å². The molecule has 2 saturated carbocycles. The number of benzene rings is 2. The van der Waals surface area contributed by atoms with Gasteiger partial charge in [-0.1, -0.05) is 42.5 Å². The number of imide groups is 1. The monoisotopic (exact) mass is 554 g/mol. The smallest absolute Gasteiger partial charge is 0.254 e. The van der Waals surface area contributed by atoms with E-state index in [-0.39, 0.29) is 40.9 Å². The largest absolute Gasteiger partial charge is 0.487 e. The molecule has 5 nitrogen and oxygen atoms in total. The number of ether oxygens (including phenoxy) is 1. The number of carbonyl (C=O) groups is 2. The van der Waals surface area contributed by atoms with Crippen LogP contribution in [0.2, 0.25) is 0 Å². The molecule has 3 fully saturated rings. The van der Waals surface area contributed by atoms with Crippen LogP contribution in [0.3, 0.4) is 0 Å². The molecule has 2 bridgehead atoms. The summed E-state index contributed by atoms with van der Waals surface area (Å²) in [5.74, 6) is 0.331. The highest BCUT2D eigenvalue weighted by Gasteiger charge is 2.73. The Kier molecular flexibility index (Phi) is 4.70. The van der Waals surface area contributed by atoms with Crippen LogP contribution in [0.4, 0.5) is 0 Å². The molecule has 2 amide bonds. The second kappa shape index (κ2) is 7.39. The molecule has 162 valence electrons. The first-order chi connectivity index (χ1) is 15.5. The fourth-order valence-corrected chi connectivity index (χ4v) is 7.27. The molecule has 3 aliphatic carbocycles. The third-order valence-corrected chi connectivity index (χ3v) is 8.58. The molecule has 0 unspecified atom stereocenters. The van der Waals surface area contributed by atoms with E-state index in [0.29, 0.717) is 12.4 Å². The standard InChI is InChI=1S/C25H20Br2N2O3/c26-18-10-15(11-19(27)22(18)32-13-14-4-2-1-3-5-14)12-28-29-23(30)20-16-6-7-17(21(20)24(29)31)25(16)8-9-25/h1-7,10-12,16-17,20-21H,8-9,13H2/b28-12-/t16-,17-,20-,21+/m1/s1. The highest BCUT2D eigenvalue weighted by Crippen LogP contribution is 2.73. The molecule has 7 heteroatoms. The Hall–Kier alpha value is -2.25. The van der Waals surface area contributed by atoms with E-state index in [2.05, 4.69) is 49.1 Å². The first kappa shape index (κ1) is 20.4. The summed E-state index contributed by atoms with van der Waals surface area (Å²) in [6.07, 6.45) is 8.16. The fraction of sp³-hybridized carbons (Fsp3) is 0.320. The highest BCUT2D eigenvalue weighted by atomic mass is 79.9. The number of hydrogen-bond donors (Lipinski definition) is 0. The van der Waals surface area contributed by atoms with E-state index >= 15 is 0 Å². The summed E-state index contributed by atoms with van der Waals surface area (Å²) in [6.45, 7) is 0.447. The molecule has 2 aromatic rings. The zero-order valence-corrected chi connectivity index (χ0v) is 20.3. The molecule has 1 aliphatic heterocycles. The zero-order chi connectivity index (χ0) is 22.0. The maximum Gasteiger partial charge on any atom is 0.254 e. The second-order valence-corrected chi connectivity index (χ2v) is 10.8. The second-order valence-electron chi connectivity index (χ2n) is 9.04. The summed E-state index contributed by atoms with van der Waals surface area (Å²) in [6, 6.07) is 13.7. The number of halogens is 2. The van der Waals surface area contributed by atoms with Gasteiger partial charge >= 0.3 is 0 Å². The topological polar surface area (TPSA) is 59.0 Å². The number of nitrogens with zero attached hydrogens (tertiary/aromatic N) is 2. The van der Waals surface area contributed by atoms with Crippen molar-refractivity contribution in [2.24, 2.45) is 34.2 Å². The Morgan fingerprint density at radius 3 is 2.16 bits per heavy atom. The normalized spacial score (nSPS) is 28.9. The number of hydrazone groups is 1. The average Bonchev–Trinajstić information content (AvgIpc) is 3.38. The van der Waals surface area contributed by atoms with Crippen LogP contribution in [0.5, 0.6) is 5.75 Å². The van der Waals surface area contributed by atoms with Crippen molar-refractivity contribution in [2.45, 2.75) is 19.4 Å². The fourth-order valence-electron chi connectivity index (χ4n) is 5.82. The van der Waals surface area contributed by atoms with Crippen molar-refractivity contribution in [1.82, 2.24) is 5.01 Å². The Morgan fingerprint density at radius 2 is 1.59 bits per heavy atom. The van der Waals surface area contributed by atoms with Gasteiger partial charge in [-0.2, -0.15) is 10.1 Å². The Bertz CT molecular complexity index is 1130. The van der Waals surface area contributed by atoms with Gasteiger partial charge in [0, 0.05) is 0 Å². The molecule has 0 N–H and O–H groups in total. The van der Waals surface area contributed by atoms with E-state index in [1.165, 1.54) is 0 Å². The van der Waals surface area contributed by atoms with Gasteiger partial charge in [0.2, 0.25) is 0 Å². The molecule has 0 radical (unpaired) electrons. The summed E-state index contributed by atoms with van der Waals surface area (Å²) in [5.41, 5.74) is 2.03. The number of carbonyl (C=O) groups excluding carboxylic acids is 2. The maximum absolute atomic E-state index is 13.1. The number of hydrogen-bond acceptors (Lipinski definition) is 4. The van der Waals surface area contributed by atoms with Crippen LogP contribution >= 0.6 is 31.9 Å². The van der Waals surface area contributed by atoms with E-state index in [4.69, 9.17) is 4.74 Å². The zero-order valence-electron chi connectivity index (χ0n) is 17.1. The number of rotatable bonds is 5. The van der Waals surface area contributed by atoms with Crippen LogP contribution < -0.4 is 4.74 Å². The van der Waals surface area contributed by atoms with Crippen LogP contribution in [0.1, 0.15) is 24.0 Å². The molecule has 1 saturated heterocycles. The Balaban J connectivity index is 1.19. The van der Waals surface area contributed by atoms with Gasteiger partial charge in [0.25, 0.3) is 11.8 Å². The minimum Gasteiger partial charge on any atom is -0.487 e. The molecule has 0 aromatic heterocycles. The highest BCUT2D eigenvalue weighted by molar-refractivity contribution is 9.11. The predicted octanol–water partition coefficient (Wildman–Crippen LogP) is 5.32. The van der Waals surface area contributed by atoms with Crippen molar-refractivity contribution >= 4 is 49.9 Å². The molecule has 4 aliphatic rings. The first-order valence-corrected chi connectivity index (χ1v) is 12.3. The first-order valence-electron chi connectivity index (χ1n) is 10.8. The van der Waals surface area contributed by atoms with Crippen LogP contribution in [0.25, 0.3) is 0 Å². The SMILES string of the molecule is O=C1[C@@H]2[C@H](C(=O)N1/N=C\c1cc(Br)c(OCc3ccccc3)c(Br)c1)[C@H]1C=C[C@H]2C12CC2.